The maximum absolute atomic E-state index is 13.6. The molecule has 2 aromatic rings. The first-order valence-electron chi connectivity index (χ1n) is 5.61. The van der Waals surface area contributed by atoms with Crippen molar-refractivity contribution in [3.8, 4) is 5.75 Å². The minimum absolute atomic E-state index is 0.325. The van der Waals surface area contributed by atoms with Gasteiger partial charge in [0.05, 0.1) is 12.8 Å². The zero-order valence-electron chi connectivity index (χ0n) is 10.2. The third kappa shape index (κ3) is 3.61. The summed E-state index contributed by atoms with van der Waals surface area (Å²) in [6.45, 7) is 0.441. The van der Waals surface area contributed by atoms with Gasteiger partial charge in [-0.15, -0.1) is 0 Å². The first-order chi connectivity index (χ1) is 9.10. The van der Waals surface area contributed by atoms with Gasteiger partial charge in [0.25, 0.3) is 0 Å². The smallest absolute Gasteiger partial charge is 0.146 e. The Morgan fingerprint density at radius 3 is 2.74 bits per heavy atom. The van der Waals surface area contributed by atoms with Crippen LogP contribution in [0.4, 0.5) is 10.1 Å². The van der Waals surface area contributed by atoms with Crippen molar-refractivity contribution in [3.05, 3.63) is 57.3 Å². The van der Waals surface area contributed by atoms with Crippen molar-refractivity contribution in [2.24, 2.45) is 0 Å². The summed E-state index contributed by atoms with van der Waals surface area (Å²) in [5.74, 6) is 0.278. The zero-order valence-corrected chi connectivity index (χ0v) is 12.6. The lowest BCUT2D eigenvalue weighted by molar-refractivity contribution is 0.414. The Labute approximate surface area is 124 Å². The van der Waals surface area contributed by atoms with E-state index in [0.717, 1.165) is 10.0 Å². The van der Waals surface area contributed by atoms with E-state index in [2.05, 4.69) is 21.2 Å². The van der Waals surface area contributed by atoms with E-state index < -0.39 is 0 Å². The van der Waals surface area contributed by atoms with Gasteiger partial charge in [0.2, 0.25) is 0 Å². The average molecular weight is 345 g/mol. The highest BCUT2D eigenvalue weighted by atomic mass is 79.9. The van der Waals surface area contributed by atoms with Gasteiger partial charge in [-0.05, 0) is 29.8 Å². The van der Waals surface area contributed by atoms with Crippen LogP contribution in [0.3, 0.4) is 0 Å². The third-order valence-electron chi connectivity index (χ3n) is 2.66. The molecule has 0 saturated heterocycles. The molecular weight excluding hydrogens is 333 g/mol. The van der Waals surface area contributed by atoms with Gasteiger partial charge in [0, 0.05) is 22.1 Å². The highest BCUT2D eigenvalue weighted by molar-refractivity contribution is 9.10. The summed E-state index contributed by atoms with van der Waals surface area (Å²) in [6, 6.07) is 10.1. The molecule has 0 aliphatic rings. The first-order valence-corrected chi connectivity index (χ1v) is 6.78. The Morgan fingerprint density at radius 2 is 2.05 bits per heavy atom. The van der Waals surface area contributed by atoms with Gasteiger partial charge in [0.15, 0.2) is 0 Å². The molecule has 100 valence electrons. The van der Waals surface area contributed by atoms with Crippen molar-refractivity contribution < 1.29 is 9.13 Å². The van der Waals surface area contributed by atoms with Crippen LogP contribution in [0.15, 0.2) is 40.9 Å². The van der Waals surface area contributed by atoms with Crippen LogP contribution in [0.2, 0.25) is 5.02 Å². The SMILES string of the molecule is COc1ccc(F)c(NCc2ccc(Br)cc2Cl)c1. The molecule has 0 aliphatic heterocycles. The van der Waals surface area contributed by atoms with E-state index in [1.807, 2.05) is 12.1 Å². The van der Waals surface area contributed by atoms with Crippen molar-refractivity contribution >= 4 is 33.2 Å². The molecule has 0 atom stereocenters. The minimum Gasteiger partial charge on any atom is -0.497 e. The van der Waals surface area contributed by atoms with Crippen LogP contribution in [0.5, 0.6) is 5.75 Å². The molecule has 0 heterocycles. The summed E-state index contributed by atoms with van der Waals surface area (Å²) in [7, 11) is 1.54. The molecule has 0 amide bonds. The molecule has 0 saturated carbocycles. The predicted molar refractivity (Wildman–Crippen MR) is 79.4 cm³/mol. The highest BCUT2D eigenvalue weighted by Gasteiger charge is 2.05. The van der Waals surface area contributed by atoms with E-state index in [1.54, 1.807) is 25.3 Å². The molecule has 1 N–H and O–H groups in total. The molecule has 2 aromatic carbocycles. The lowest BCUT2D eigenvalue weighted by Crippen LogP contribution is -2.02. The number of benzene rings is 2. The Morgan fingerprint density at radius 1 is 1.26 bits per heavy atom. The number of hydrogen-bond donors (Lipinski definition) is 1. The van der Waals surface area contributed by atoms with Gasteiger partial charge >= 0.3 is 0 Å². The fourth-order valence-corrected chi connectivity index (χ4v) is 2.36. The fourth-order valence-electron chi connectivity index (χ4n) is 1.62. The molecule has 19 heavy (non-hydrogen) atoms. The quantitative estimate of drug-likeness (QED) is 0.855. The number of hydrogen-bond acceptors (Lipinski definition) is 2. The van der Waals surface area contributed by atoms with E-state index in [9.17, 15) is 4.39 Å². The molecule has 0 unspecified atom stereocenters. The molecule has 0 bridgehead atoms. The normalized spacial score (nSPS) is 10.3. The number of anilines is 1. The van der Waals surface area contributed by atoms with Gasteiger partial charge in [-0.25, -0.2) is 4.39 Å². The standard InChI is InChI=1S/C14H12BrClFNO/c1-19-11-4-5-13(17)14(7-11)18-8-9-2-3-10(15)6-12(9)16/h2-7,18H,8H2,1H3. The molecule has 0 aromatic heterocycles. The minimum atomic E-state index is -0.325. The summed E-state index contributed by atoms with van der Waals surface area (Å²) in [4.78, 5) is 0. The summed E-state index contributed by atoms with van der Waals surface area (Å²) in [5, 5.41) is 3.64. The number of ether oxygens (including phenoxy) is 1. The van der Waals surface area contributed by atoms with Gasteiger partial charge in [-0.1, -0.05) is 33.6 Å². The third-order valence-corrected chi connectivity index (χ3v) is 3.50. The monoisotopic (exact) mass is 343 g/mol. The Hall–Kier alpha value is -1.26. The molecule has 2 nitrogen and oxygen atoms in total. The maximum atomic E-state index is 13.6. The lowest BCUT2D eigenvalue weighted by Gasteiger charge is -2.10. The van der Waals surface area contributed by atoms with Crippen LogP contribution in [0, 0.1) is 5.82 Å². The molecular formula is C14H12BrClFNO. The lowest BCUT2D eigenvalue weighted by atomic mass is 10.2. The van der Waals surface area contributed by atoms with E-state index in [4.69, 9.17) is 16.3 Å². The largest absolute Gasteiger partial charge is 0.497 e. The van der Waals surface area contributed by atoms with Crippen LogP contribution in [0.25, 0.3) is 0 Å². The second-order valence-corrected chi connectivity index (χ2v) is 5.26. The van der Waals surface area contributed by atoms with Crippen molar-refractivity contribution in [2.45, 2.75) is 6.54 Å². The molecule has 0 fully saturated rings. The van der Waals surface area contributed by atoms with Gasteiger partial charge in [-0.2, -0.15) is 0 Å². The van der Waals surface area contributed by atoms with Crippen molar-refractivity contribution in [2.75, 3.05) is 12.4 Å². The van der Waals surface area contributed by atoms with Crippen LogP contribution >= 0.6 is 27.5 Å². The molecule has 0 spiro atoms. The zero-order chi connectivity index (χ0) is 13.8. The summed E-state index contributed by atoms with van der Waals surface area (Å²) in [6.07, 6.45) is 0. The summed E-state index contributed by atoms with van der Waals surface area (Å²) >= 11 is 9.45. The topological polar surface area (TPSA) is 21.3 Å². The van der Waals surface area contributed by atoms with E-state index in [1.165, 1.54) is 6.07 Å². The highest BCUT2D eigenvalue weighted by Crippen LogP contribution is 2.25. The van der Waals surface area contributed by atoms with E-state index >= 15 is 0 Å². The van der Waals surface area contributed by atoms with Crippen LogP contribution in [-0.4, -0.2) is 7.11 Å². The molecule has 0 radical (unpaired) electrons. The second-order valence-electron chi connectivity index (χ2n) is 3.94. The molecule has 5 heteroatoms. The molecule has 2 rings (SSSR count). The van der Waals surface area contributed by atoms with Gasteiger partial charge in [0.1, 0.15) is 11.6 Å². The van der Waals surface area contributed by atoms with Crippen LogP contribution in [0.1, 0.15) is 5.56 Å². The van der Waals surface area contributed by atoms with Crippen molar-refractivity contribution in [1.29, 1.82) is 0 Å². The number of halogens is 3. The number of methoxy groups -OCH3 is 1. The number of nitrogens with one attached hydrogen (secondary N) is 1. The van der Waals surface area contributed by atoms with E-state index in [0.29, 0.717) is 23.0 Å². The first kappa shape index (κ1) is 14.2. The van der Waals surface area contributed by atoms with Crippen molar-refractivity contribution in [1.82, 2.24) is 0 Å². The average Bonchev–Trinajstić information content (AvgIpc) is 2.39. The van der Waals surface area contributed by atoms with Gasteiger partial charge < -0.3 is 10.1 Å². The Balaban J connectivity index is 2.14. The van der Waals surface area contributed by atoms with Gasteiger partial charge in [-0.3, -0.25) is 0 Å². The fraction of sp³-hybridized carbons (Fsp3) is 0.143. The summed E-state index contributed by atoms with van der Waals surface area (Å²) < 4.78 is 19.6. The molecule has 0 aliphatic carbocycles. The maximum Gasteiger partial charge on any atom is 0.146 e. The van der Waals surface area contributed by atoms with E-state index in [-0.39, 0.29) is 5.82 Å². The Bertz CT molecular complexity index is 592. The predicted octanol–water partition coefficient (Wildman–Crippen LogP) is 4.86. The van der Waals surface area contributed by atoms with Crippen LogP contribution in [-0.2, 0) is 6.54 Å². The number of rotatable bonds is 4. The Kier molecular flexibility index (Phi) is 4.66. The second kappa shape index (κ2) is 6.26. The van der Waals surface area contributed by atoms with Crippen molar-refractivity contribution in [3.63, 3.8) is 0 Å². The van der Waals surface area contributed by atoms with Crippen LogP contribution < -0.4 is 10.1 Å². The summed E-state index contributed by atoms with van der Waals surface area (Å²) in [5.41, 5.74) is 1.28.